The van der Waals surface area contributed by atoms with E-state index in [1.165, 1.54) is 0 Å². The maximum atomic E-state index is 11.5. The molecule has 0 bridgehead atoms. The van der Waals surface area contributed by atoms with Crippen LogP contribution in [0.25, 0.3) is 0 Å². The van der Waals surface area contributed by atoms with Crippen LogP contribution in [0.1, 0.15) is 13.8 Å². The number of nitrogens with one attached hydrogen (secondary N) is 1. The molecule has 0 aliphatic carbocycles. The van der Waals surface area contributed by atoms with Crippen molar-refractivity contribution in [3.8, 4) is 0 Å². The Balaban J connectivity index is 2.49. The summed E-state index contributed by atoms with van der Waals surface area (Å²) in [5, 5.41) is 3.12. The van der Waals surface area contributed by atoms with Gasteiger partial charge in [0.15, 0.2) is 0 Å². The zero-order chi connectivity index (χ0) is 10.0. The number of hydrogen-bond donors (Lipinski definition) is 1. The van der Waals surface area contributed by atoms with Gasteiger partial charge >= 0.3 is 0 Å². The second kappa shape index (κ2) is 4.19. The van der Waals surface area contributed by atoms with Gasteiger partial charge in [-0.05, 0) is 13.8 Å². The fourth-order valence-corrected chi connectivity index (χ4v) is 1.95. The molecule has 1 aliphatic rings. The van der Waals surface area contributed by atoms with Crippen LogP contribution in [0, 0.1) is 0 Å². The molecule has 1 heterocycles. The summed E-state index contributed by atoms with van der Waals surface area (Å²) >= 11 is 0. The SMILES string of the molecule is CC1NC(C)N(CCS(C)=O)C1=O. The Morgan fingerprint density at radius 2 is 2.15 bits per heavy atom. The van der Waals surface area contributed by atoms with E-state index in [-0.39, 0.29) is 18.1 Å². The molecule has 1 fully saturated rings. The third kappa shape index (κ3) is 2.51. The van der Waals surface area contributed by atoms with Crippen LogP contribution in [0.5, 0.6) is 0 Å². The minimum atomic E-state index is -0.824. The molecule has 76 valence electrons. The van der Waals surface area contributed by atoms with E-state index in [1.807, 2.05) is 13.8 Å². The molecule has 0 aromatic heterocycles. The molecular weight excluding hydrogens is 188 g/mol. The van der Waals surface area contributed by atoms with Gasteiger partial charge in [-0.2, -0.15) is 0 Å². The zero-order valence-corrected chi connectivity index (χ0v) is 9.06. The van der Waals surface area contributed by atoms with E-state index in [0.717, 1.165) is 0 Å². The number of hydrogen-bond acceptors (Lipinski definition) is 3. The summed E-state index contributed by atoms with van der Waals surface area (Å²) < 4.78 is 10.8. The third-order valence-corrected chi connectivity index (χ3v) is 2.99. The highest BCUT2D eigenvalue weighted by atomic mass is 32.2. The normalized spacial score (nSPS) is 31.0. The van der Waals surface area contributed by atoms with Gasteiger partial charge in [0.25, 0.3) is 0 Å². The van der Waals surface area contributed by atoms with Crippen molar-refractivity contribution >= 4 is 16.7 Å². The highest BCUT2D eigenvalue weighted by molar-refractivity contribution is 7.84. The Morgan fingerprint density at radius 1 is 1.54 bits per heavy atom. The summed E-state index contributed by atoms with van der Waals surface area (Å²) in [7, 11) is -0.824. The van der Waals surface area contributed by atoms with Gasteiger partial charge in [-0.15, -0.1) is 0 Å². The van der Waals surface area contributed by atoms with E-state index in [1.54, 1.807) is 11.2 Å². The Hall–Kier alpha value is -0.420. The Labute approximate surface area is 81.1 Å². The molecule has 1 N–H and O–H groups in total. The number of carbonyl (C=O) groups excluding carboxylic acids is 1. The lowest BCUT2D eigenvalue weighted by molar-refractivity contribution is -0.129. The highest BCUT2D eigenvalue weighted by Gasteiger charge is 2.32. The fraction of sp³-hybridized carbons (Fsp3) is 0.875. The van der Waals surface area contributed by atoms with Crippen molar-refractivity contribution in [2.24, 2.45) is 0 Å². The Morgan fingerprint density at radius 3 is 2.54 bits per heavy atom. The molecule has 0 radical (unpaired) electrons. The average molecular weight is 204 g/mol. The topological polar surface area (TPSA) is 49.4 Å². The number of amides is 1. The molecule has 0 saturated carbocycles. The van der Waals surface area contributed by atoms with Crippen molar-refractivity contribution in [1.82, 2.24) is 10.2 Å². The molecule has 5 heteroatoms. The van der Waals surface area contributed by atoms with Crippen molar-refractivity contribution in [3.63, 3.8) is 0 Å². The van der Waals surface area contributed by atoms with Crippen molar-refractivity contribution < 1.29 is 9.00 Å². The summed E-state index contributed by atoms with van der Waals surface area (Å²) in [6.07, 6.45) is 1.73. The van der Waals surface area contributed by atoms with Crippen LogP contribution >= 0.6 is 0 Å². The molecule has 0 aromatic rings. The van der Waals surface area contributed by atoms with Crippen molar-refractivity contribution in [2.75, 3.05) is 18.6 Å². The lowest BCUT2D eigenvalue weighted by Gasteiger charge is -2.19. The molecule has 13 heavy (non-hydrogen) atoms. The van der Waals surface area contributed by atoms with Crippen LogP contribution in [0.15, 0.2) is 0 Å². The number of rotatable bonds is 3. The molecule has 1 saturated heterocycles. The molecule has 1 rings (SSSR count). The second-order valence-electron chi connectivity index (χ2n) is 3.37. The van der Waals surface area contributed by atoms with Crippen LogP contribution in [-0.4, -0.2) is 45.8 Å². The maximum absolute atomic E-state index is 11.5. The lowest BCUT2D eigenvalue weighted by Crippen LogP contribution is -2.37. The Kier molecular flexibility index (Phi) is 3.44. The predicted molar refractivity (Wildman–Crippen MR) is 52.7 cm³/mol. The summed E-state index contributed by atoms with van der Waals surface area (Å²) in [5.41, 5.74) is 0. The number of nitrogens with zero attached hydrogens (tertiary/aromatic N) is 1. The zero-order valence-electron chi connectivity index (χ0n) is 8.24. The van der Waals surface area contributed by atoms with Gasteiger partial charge in [-0.1, -0.05) is 0 Å². The van der Waals surface area contributed by atoms with E-state index in [9.17, 15) is 9.00 Å². The van der Waals surface area contributed by atoms with E-state index in [0.29, 0.717) is 12.3 Å². The summed E-state index contributed by atoms with van der Waals surface area (Å²) in [6.45, 7) is 4.38. The Bertz CT molecular complexity index is 232. The van der Waals surface area contributed by atoms with Gasteiger partial charge < -0.3 is 4.90 Å². The van der Waals surface area contributed by atoms with Crippen LogP contribution in [0.3, 0.4) is 0 Å². The molecule has 3 atom stereocenters. The van der Waals surface area contributed by atoms with Crippen LogP contribution < -0.4 is 5.32 Å². The standard InChI is InChI=1S/C8H16N2O2S/c1-6-8(11)10(7(2)9-6)4-5-13(3)12/h6-7,9H,4-5H2,1-3H3. The van der Waals surface area contributed by atoms with Gasteiger partial charge in [0.1, 0.15) is 0 Å². The third-order valence-electron chi connectivity index (χ3n) is 2.23. The van der Waals surface area contributed by atoms with Crippen LogP contribution in [0.4, 0.5) is 0 Å². The van der Waals surface area contributed by atoms with E-state index >= 15 is 0 Å². The quantitative estimate of drug-likeness (QED) is 0.676. The van der Waals surface area contributed by atoms with E-state index in [2.05, 4.69) is 5.32 Å². The summed E-state index contributed by atoms with van der Waals surface area (Å²) in [4.78, 5) is 13.2. The van der Waals surface area contributed by atoms with E-state index in [4.69, 9.17) is 0 Å². The average Bonchev–Trinajstić information content (AvgIpc) is 2.24. The smallest absolute Gasteiger partial charge is 0.240 e. The predicted octanol–water partition coefficient (Wildman–Crippen LogP) is -0.469. The van der Waals surface area contributed by atoms with Gasteiger partial charge in [-0.25, -0.2) is 0 Å². The molecule has 0 spiro atoms. The molecule has 4 nitrogen and oxygen atoms in total. The van der Waals surface area contributed by atoms with Gasteiger partial charge in [0, 0.05) is 29.4 Å². The maximum Gasteiger partial charge on any atom is 0.240 e. The van der Waals surface area contributed by atoms with Crippen molar-refractivity contribution in [2.45, 2.75) is 26.1 Å². The van der Waals surface area contributed by atoms with Crippen molar-refractivity contribution in [3.05, 3.63) is 0 Å². The first-order chi connectivity index (χ1) is 6.02. The molecule has 3 unspecified atom stereocenters. The molecular formula is C8H16N2O2S. The highest BCUT2D eigenvalue weighted by Crippen LogP contribution is 2.09. The first kappa shape index (κ1) is 10.7. The molecule has 1 amide bonds. The lowest BCUT2D eigenvalue weighted by atomic mass is 10.3. The summed E-state index contributed by atoms with van der Waals surface area (Å²) in [6, 6.07) is -0.0970. The van der Waals surface area contributed by atoms with Gasteiger partial charge in [0.2, 0.25) is 5.91 Å². The van der Waals surface area contributed by atoms with Gasteiger partial charge in [-0.3, -0.25) is 14.3 Å². The monoisotopic (exact) mass is 204 g/mol. The minimum Gasteiger partial charge on any atom is -0.325 e. The molecule has 1 aliphatic heterocycles. The fourth-order valence-electron chi connectivity index (χ4n) is 1.49. The minimum absolute atomic E-state index is 0.0750. The second-order valence-corrected chi connectivity index (χ2v) is 4.93. The van der Waals surface area contributed by atoms with E-state index < -0.39 is 10.8 Å². The first-order valence-corrected chi connectivity index (χ1v) is 6.11. The van der Waals surface area contributed by atoms with Gasteiger partial charge in [0.05, 0.1) is 12.2 Å². The van der Waals surface area contributed by atoms with Crippen molar-refractivity contribution in [1.29, 1.82) is 0 Å². The first-order valence-electron chi connectivity index (χ1n) is 4.39. The van der Waals surface area contributed by atoms with Crippen LogP contribution in [-0.2, 0) is 15.6 Å². The largest absolute Gasteiger partial charge is 0.325 e. The number of carbonyl (C=O) groups is 1. The summed E-state index contributed by atoms with van der Waals surface area (Å²) in [5.74, 6) is 0.669. The van der Waals surface area contributed by atoms with Crippen LogP contribution in [0.2, 0.25) is 0 Å². The molecule has 0 aromatic carbocycles.